The van der Waals surface area contributed by atoms with Crippen LogP contribution in [0, 0.1) is 6.92 Å². The van der Waals surface area contributed by atoms with E-state index in [4.69, 9.17) is 21.1 Å². The highest BCUT2D eigenvalue weighted by Crippen LogP contribution is 2.45. The SMILES string of the molecule is COc1ccc(C2Cc3n[nH]c(C)c3C(Cl)C2)c(OC)c1. The number of aryl methyl sites for hydroxylation is 1. The molecule has 2 atom stereocenters. The van der Waals surface area contributed by atoms with E-state index < -0.39 is 0 Å². The van der Waals surface area contributed by atoms with Gasteiger partial charge in [0.05, 0.1) is 25.3 Å². The first-order chi connectivity index (χ1) is 10.1. The fraction of sp³-hybridized carbons (Fsp3) is 0.438. The Balaban J connectivity index is 1.95. The van der Waals surface area contributed by atoms with Crippen LogP contribution in [0.25, 0.3) is 0 Å². The summed E-state index contributed by atoms with van der Waals surface area (Å²) in [6, 6.07) is 5.95. The molecule has 21 heavy (non-hydrogen) atoms. The molecular formula is C16H19ClN2O2. The van der Waals surface area contributed by atoms with Gasteiger partial charge >= 0.3 is 0 Å². The third-order valence-corrected chi connectivity index (χ3v) is 4.59. The van der Waals surface area contributed by atoms with Crippen molar-refractivity contribution in [3.8, 4) is 11.5 Å². The summed E-state index contributed by atoms with van der Waals surface area (Å²) < 4.78 is 10.8. The van der Waals surface area contributed by atoms with Gasteiger partial charge in [0, 0.05) is 17.3 Å². The molecule has 1 aromatic carbocycles. The molecule has 0 bridgehead atoms. The molecule has 2 unspecified atom stereocenters. The number of aromatic nitrogens is 2. The maximum absolute atomic E-state index is 6.57. The van der Waals surface area contributed by atoms with Gasteiger partial charge in [0.2, 0.25) is 0 Å². The first-order valence-corrected chi connectivity index (χ1v) is 7.47. The van der Waals surface area contributed by atoms with E-state index >= 15 is 0 Å². The summed E-state index contributed by atoms with van der Waals surface area (Å²) in [4.78, 5) is 0. The van der Waals surface area contributed by atoms with Crippen molar-refractivity contribution < 1.29 is 9.47 Å². The van der Waals surface area contributed by atoms with Crippen LogP contribution in [0.3, 0.4) is 0 Å². The van der Waals surface area contributed by atoms with Crippen LogP contribution in [0.2, 0.25) is 0 Å². The van der Waals surface area contributed by atoms with E-state index in [0.29, 0.717) is 5.92 Å². The van der Waals surface area contributed by atoms with Gasteiger partial charge in [-0.15, -0.1) is 11.6 Å². The Hall–Kier alpha value is -1.68. The minimum Gasteiger partial charge on any atom is -0.497 e. The molecule has 1 aromatic heterocycles. The number of nitrogens with one attached hydrogen (secondary N) is 1. The molecule has 3 rings (SSSR count). The Morgan fingerprint density at radius 1 is 1.29 bits per heavy atom. The van der Waals surface area contributed by atoms with Crippen molar-refractivity contribution in [3.63, 3.8) is 0 Å². The molecule has 1 heterocycles. The molecule has 1 aliphatic carbocycles. The van der Waals surface area contributed by atoms with Gasteiger partial charge in [-0.1, -0.05) is 6.07 Å². The third kappa shape index (κ3) is 2.48. The van der Waals surface area contributed by atoms with Crippen molar-refractivity contribution in [3.05, 3.63) is 40.7 Å². The van der Waals surface area contributed by atoms with E-state index in [2.05, 4.69) is 16.3 Å². The van der Waals surface area contributed by atoms with Crippen LogP contribution in [0.4, 0.5) is 0 Å². The smallest absolute Gasteiger partial charge is 0.126 e. The number of fused-ring (bicyclic) bond motifs is 1. The van der Waals surface area contributed by atoms with Crippen molar-refractivity contribution in [1.82, 2.24) is 10.2 Å². The molecule has 0 aliphatic heterocycles. The second-order valence-corrected chi connectivity index (χ2v) is 5.95. The maximum atomic E-state index is 6.57. The van der Waals surface area contributed by atoms with E-state index in [1.807, 2.05) is 19.1 Å². The monoisotopic (exact) mass is 306 g/mol. The molecule has 0 saturated carbocycles. The zero-order valence-corrected chi connectivity index (χ0v) is 13.2. The summed E-state index contributed by atoms with van der Waals surface area (Å²) in [5.74, 6) is 1.95. The number of nitrogens with zero attached hydrogens (tertiary/aromatic N) is 1. The summed E-state index contributed by atoms with van der Waals surface area (Å²) in [5, 5.41) is 7.43. The zero-order valence-electron chi connectivity index (χ0n) is 12.4. The lowest BCUT2D eigenvalue weighted by Crippen LogP contribution is -2.15. The predicted molar refractivity (Wildman–Crippen MR) is 82.5 cm³/mol. The largest absolute Gasteiger partial charge is 0.497 e. The summed E-state index contributed by atoms with van der Waals surface area (Å²) in [5.41, 5.74) is 4.47. The molecule has 0 saturated heterocycles. The van der Waals surface area contributed by atoms with Gasteiger partial charge in [0.1, 0.15) is 11.5 Å². The lowest BCUT2D eigenvalue weighted by molar-refractivity contribution is 0.385. The Morgan fingerprint density at radius 3 is 2.81 bits per heavy atom. The first-order valence-electron chi connectivity index (χ1n) is 7.03. The van der Waals surface area contributed by atoms with Crippen LogP contribution < -0.4 is 9.47 Å². The highest BCUT2D eigenvalue weighted by molar-refractivity contribution is 6.21. The van der Waals surface area contributed by atoms with Crippen molar-refractivity contribution >= 4 is 11.6 Å². The Kier molecular flexibility index (Phi) is 3.81. The van der Waals surface area contributed by atoms with Crippen molar-refractivity contribution in [1.29, 1.82) is 0 Å². The summed E-state index contributed by atoms with van der Waals surface area (Å²) in [6.45, 7) is 2.02. The van der Waals surface area contributed by atoms with Crippen molar-refractivity contribution in [2.75, 3.05) is 14.2 Å². The quantitative estimate of drug-likeness (QED) is 0.879. The van der Waals surface area contributed by atoms with Gasteiger partial charge in [0.25, 0.3) is 0 Å². The number of hydrogen-bond donors (Lipinski definition) is 1. The van der Waals surface area contributed by atoms with Crippen molar-refractivity contribution in [2.45, 2.75) is 31.1 Å². The predicted octanol–water partition coefficient (Wildman–Crippen LogP) is 3.75. The Bertz CT molecular complexity index is 654. The normalized spacial score (nSPS) is 21.0. The van der Waals surface area contributed by atoms with Crippen LogP contribution in [-0.4, -0.2) is 24.4 Å². The van der Waals surface area contributed by atoms with E-state index in [0.717, 1.165) is 41.3 Å². The number of halogens is 1. The molecule has 0 fully saturated rings. The van der Waals surface area contributed by atoms with E-state index in [-0.39, 0.29) is 5.38 Å². The van der Waals surface area contributed by atoms with Crippen LogP contribution in [-0.2, 0) is 6.42 Å². The van der Waals surface area contributed by atoms with Crippen LogP contribution in [0.1, 0.15) is 40.2 Å². The molecule has 4 nitrogen and oxygen atoms in total. The highest BCUT2D eigenvalue weighted by Gasteiger charge is 2.31. The molecule has 0 spiro atoms. The topological polar surface area (TPSA) is 47.1 Å². The number of rotatable bonds is 3. The van der Waals surface area contributed by atoms with Gasteiger partial charge in [0.15, 0.2) is 0 Å². The van der Waals surface area contributed by atoms with E-state index in [1.165, 1.54) is 5.56 Å². The number of aromatic amines is 1. The second-order valence-electron chi connectivity index (χ2n) is 5.42. The average Bonchev–Trinajstić information content (AvgIpc) is 2.88. The van der Waals surface area contributed by atoms with Gasteiger partial charge in [-0.3, -0.25) is 5.10 Å². The number of hydrogen-bond acceptors (Lipinski definition) is 3. The van der Waals surface area contributed by atoms with E-state index in [9.17, 15) is 0 Å². The Morgan fingerprint density at radius 2 is 2.10 bits per heavy atom. The number of benzene rings is 1. The first kappa shape index (κ1) is 14.3. The summed E-state index contributed by atoms with van der Waals surface area (Å²) in [6.07, 6.45) is 1.77. The Labute approximate surface area is 129 Å². The zero-order chi connectivity index (χ0) is 15.0. The van der Waals surface area contributed by atoms with E-state index in [1.54, 1.807) is 14.2 Å². The molecular weight excluding hydrogens is 288 g/mol. The number of ether oxygens (including phenoxy) is 2. The molecule has 112 valence electrons. The number of H-pyrrole nitrogens is 1. The summed E-state index contributed by atoms with van der Waals surface area (Å²) >= 11 is 6.57. The molecule has 1 N–H and O–H groups in total. The lowest BCUT2D eigenvalue weighted by atomic mass is 9.82. The average molecular weight is 307 g/mol. The highest BCUT2D eigenvalue weighted by atomic mass is 35.5. The van der Waals surface area contributed by atoms with Crippen LogP contribution >= 0.6 is 11.6 Å². The molecule has 0 amide bonds. The lowest BCUT2D eigenvalue weighted by Gasteiger charge is -2.27. The fourth-order valence-electron chi connectivity index (χ4n) is 3.14. The van der Waals surface area contributed by atoms with Gasteiger partial charge < -0.3 is 9.47 Å². The fourth-order valence-corrected chi connectivity index (χ4v) is 3.64. The maximum Gasteiger partial charge on any atom is 0.126 e. The molecule has 5 heteroatoms. The second kappa shape index (κ2) is 5.60. The van der Waals surface area contributed by atoms with Crippen LogP contribution in [0.5, 0.6) is 11.5 Å². The number of alkyl halides is 1. The minimum absolute atomic E-state index is 0.00990. The number of methoxy groups -OCH3 is 2. The standard InChI is InChI=1S/C16H19ClN2O2/c1-9-16-13(17)6-10(7-14(16)19-18-9)12-5-4-11(20-2)8-15(12)21-3/h4-5,8,10,13H,6-7H2,1-3H3,(H,18,19). The van der Waals surface area contributed by atoms with Gasteiger partial charge in [-0.2, -0.15) is 5.10 Å². The van der Waals surface area contributed by atoms with Crippen molar-refractivity contribution in [2.24, 2.45) is 0 Å². The molecule has 1 aliphatic rings. The van der Waals surface area contributed by atoms with Gasteiger partial charge in [-0.25, -0.2) is 0 Å². The van der Waals surface area contributed by atoms with Gasteiger partial charge in [-0.05, 0) is 37.3 Å². The third-order valence-electron chi connectivity index (χ3n) is 4.20. The minimum atomic E-state index is -0.00990. The summed E-state index contributed by atoms with van der Waals surface area (Å²) in [7, 11) is 3.34. The molecule has 2 aromatic rings. The van der Waals surface area contributed by atoms with Crippen LogP contribution in [0.15, 0.2) is 18.2 Å². The molecule has 0 radical (unpaired) electrons.